The molecule has 1 aliphatic rings. The van der Waals surface area contributed by atoms with E-state index in [0.29, 0.717) is 6.54 Å². The van der Waals surface area contributed by atoms with Gasteiger partial charge in [-0.25, -0.2) is 9.78 Å². The van der Waals surface area contributed by atoms with E-state index < -0.39 is 5.97 Å². The van der Waals surface area contributed by atoms with Crippen LogP contribution in [0.5, 0.6) is 0 Å². The average molecular weight is 220 g/mol. The molecule has 86 valence electrons. The van der Waals surface area contributed by atoms with Crippen molar-refractivity contribution >= 4 is 5.97 Å². The van der Waals surface area contributed by atoms with Gasteiger partial charge in [-0.15, -0.1) is 0 Å². The summed E-state index contributed by atoms with van der Waals surface area (Å²) < 4.78 is 0. The minimum atomic E-state index is -0.975. The molecule has 4 heteroatoms. The van der Waals surface area contributed by atoms with Crippen molar-refractivity contribution in [3.05, 3.63) is 29.6 Å². The van der Waals surface area contributed by atoms with Gasteiger partial charge in [-0.3, -0.25) is 0 Å². The quantitative estimate of drug-likeness (QED) is 0.812. The van der Waals surface area contributed by atoms with Crippen molar-refractivity contribution in [3.63, 3.8) is 0 Å². The smallest absolute Gasteiger partial charge is 0.354 e. The Morgan fingerprint density at radius 2 is 2.31 bits per heavy atom. The molecule has 1 aromatic rings. The second-order valence-electron chi connectivity index (χ2n) is 4.59. The normalized spacial score (nSPS) is 17.8. The first kappa shape index (κ1) is 11.1. The lowest BCUT2D eigenvalue weighted by Gasteiger charge is -2.39. The van der Waals surface area contributed by atoms with Crippen LogP contribution in [0.3, 0.4) is 0 Å². The zero-order chi connectivity index (χ0) is 11.6. The third-order valence-corrected chi connectivity index (χ3v) is 3.18. The summed E-state index contributed by atoms with van der Waals surface area (Å²) in [5.74, 6) is -0.975. The van der Waals surface area contributed by atoms with Crippen LogP contribution < -0.4 is 5.32 Å². The molecule has 1 saturated carbocycles. The van der Waals surface area contributed by atoms with Crippen LogP contribution in [0.1, 0.15) is 42.4 Å². The Morgan fingerprint density at radius 1 is 1.56 bits per heavy atom. The van der Waals surface area contributed by atoms with E-state index >= 15 is 0 Å². The van der Waals surface area contributed by atoms with Gasteiger partial charge in [0.1, 0.15) is 5.69 Å². The number of rotatable bonds is 4. The highest BCUT2D eigenvalue weighted by Crippen LogP contribution is 2.31. The van der Waals surface area contributed by atoms with Crippen molar-refractivity contribution in [2.45, 2.75) is 38.3 Å². The van der Waals surface area contributed by atoms with E-state index in [9.17, 15) is 4.79 Å². The standard InChI is InChI=1S/C12H16N2O2/c1-12(6-3-7-12)13-8-9-4-2-5-10(14-9)11(15)16/h2,4-5,13H,3,6-8H2,1H3,(H,15,16). The molecule has 0 spiro atoms. The lowest BCUT2D eigenvalue weighted by atomic mass is 9.78. The van der Waals surface area contributed by atoms with Crippen molar-refractivity contribution < 1.29 is 9.90 Å². The lowest BCUT2D eigenvalue weighted by Crippen LogP contribution is -2.47. The Hall–Kier alpha value is -1.42. The van der Waals surface area contributed by atoms with Gasteiger partial charge in [0.25, 0.3) is 0 Å². The van der Waals surface area contributed by atoms with E-state index in [0.717, 1.165) is 5.69 Å². The summed E-state index contributed by atoms with van der Waals surface area (Å²) in [4.78, 5) is 14.8. The van der Waals surface area contributed by atoms with Crippen LogP contribution in [-0.2, 0) is 6.54 Å². The zero-order valence-electron chi connectivity index (χ0n) is 9.36. The maximum atomic E-state index is 10.7. The molecule has 0 amide bonds. The second kappa shape index (κ2) is 4.22. The third-order valence-electron chi connectivity index (χ3n) is 3.18. The number of nitrogens with one attached hydrogen (secondary N) is 1. The first-order valence-electron chi connectivity index (χ1n) is 5.53. The van der Waals surface area contributed by atoms with Crippen molar-refractivity contribution in [2.75, 3.05) is 0 Å². The molecule has 0 aliphatic heterocycles. The van der Waals surface area contributed by atoms with Crippen molar-refractivity contribution in [2.24, 2.45) is 0 Å². The molecule has 1 heterocycles. The molecule has 1 aliphatic carbocycles. The molecular formula is C12H16N2O2. The molecule has 1 fully saturated rings. The maximum Gasteiger partial charge on any atom is 0.354 e. The number of nitrogens with zero attached hydrogens (tertiary/aromatic N) is 1. The van der Waals surface area contributed by atoms with Gasteiger partial charge in [0, 0.05) is 12.1 Å². The molecule has 0 saturated heterocycles. The molecule has 4 nitrogen and oxygen atoms in total. The molecule has 0 aromatic carbocycles. The van der Waals surface area contributed by atoms with E-state index in [1.807, 2.05) is 6.07 Å². The molecule has 1 aromatic heterocycles. The summed E-state index contributed by atoms with van der Waals surface area (Å²) in [5.41, 5.74) is 1.12. The van der Waals surface area contributed by atoms with Gasteiger partial charge < -0.3 is 10.4 Å². The van der Waals surface area contributed by atoms with Gasteiger partial charge in [-0.1, -0.05) is 6.07 Å². The molecular weight excluding hydrogens is 204 g/mol. The number of carbonyl (C=O) groups is 1. The number of hydrogen-bond acceptors (Lipinski definition) is 3. The van der Waals surface area contributed by atoms with E-state index in [4.69, 9.17) is 5.11 Å². The fourth-order valence-electron chi connectivity index (χ4n) is 1.88. The number of carboxylic acids is 1. The van der Waals surface area contributed by atoms with Crippen LogP contribution in [0.2, 0.25) is 0 Å². The van der Waals surface area contributed by atoms with E-state index in [1.54, 1.807) is 6.07 Å². The predicted molar refractivity (Wildman–Crippen MR) is 60.3 cm³/mol. The average Bonchev–Trinajstić information content (AvgIpc) is 2.24. The summed E-state index contributed by atoms with van der Waals surface area (Å²) in [6.45, 7) is 2.83. The Labute approximate surface area is 94.7 Å². The van der Waals surface area contributed by atoms with Crippen molar-refractivity contribution in [1.29, 1.82) is 0 Å². The molecule has 0 atom stereocenters. The molecule has 0 radical (unpaired) electrons. The molecule has 2 N–H and O–H groups in total. The Kier molecular flexibility index (Phi) is 2.92. The van der Waals surface area contributed by atoms with Gasteiger partial charge >= 0.3 is 5.97 Å². The first-order chi connectivity index (χ1) is 7.59. The molecule has 0 unspecified atom stereocenters. The first-order valence-corrected chi connectivity index (χ1v) is 5.53. The molecule has 16 heavy (non-hydrogen) atoms. The van der Waals surface area contributed by atoms with Crippen LogP contribution in [-0.4, -0.2) is 21.6 Å². The van der Waals surface area contributed by atoms with Gasteiger partial charge in [0.15, 0.2) is 0 Å². The van der Waals surface area contributed by atoms with Crippen molar-refractivity contribution in [1.82, 2.24) is 10.3 Å². The van der Waals surface area contributed by atoms with Crippen LogP contribution in [0.25, 0.3) is 0 Å². The second-order valence-corrected chi connectivity index (χ2v) is 4.59. The number of pyridine rings is 1. The summed E-state index contributed by atoms with van der Waals surface area (Å²) in [7, 11) is 0. The van der Waals surface area contributed by atoms with Crippen LogP contribution in [0.15, 0.2) is 18.2 Å². The summed E-state index contributed by atoms with van der Waals surface area (Å²) in [6.07, 6.45) is 3.64. The number of hydrogen-bond donors (Lipinski definition) is 2. The van der Waals surface area contributed by atoms with E-state index in [1.165, 1.54) is 25.3 Å². The lowest BCUT2D eigenvalue weighted by molar-refractivity contribution is 0.0690. The Bertz CT molecular complexity index is 400. The Morgan fingerprint density at radius 3 is 2.88 bits per heavy atom. The fourth-order valence-corrected chi connectivity index (χ4v) is 1.88. The third kappa shape index (κ3) is 2.39. The molecule has 2 rings (SSSR count). The number of carboxylic acid groups (broad SMARTS) is 1. The fraction of sp³-hybridized carbons (Fsp3) is 0.500. The summed E-state index contributed by atoms with van der Waals surface area (Å²) >= 11 is 0. The van der Waals surface area contributed by atoms with Gasteiger partial charge in [-0.05, 0) is 38.3 Å². The van der Waals surface area contributed by atoms with Crippen molar-refractivity contribution in [3.8, 4) is 0 Å². The van der Waals surface area contributed by atoms with Crippen LogP contribution >= 0.6 is 0 Å². The van der Waals surface area contributed by atoms with Gasteiger partial charge in [0.05, 0.1) is 5.69 Å². The highest BCUT2D eigenvalue weighted by atomic mass is 16.4. The van der Waals surface area contributed by atoms with Gasteiger partial charge in [-0.2, -0.15) is 0 Å². The van der Waals surface area contributed by atoms with E-state index in [2.05, 4.69) is 17.2 Å². The minimum absolute atomic E-state index is 0.109. The SMILES string of the molecule is CC1(NCc2cccc(C(=O)O)n2)CCC1. The van der Waals surface area contributed by atoms with Crippen LogP contribution in [0, 0.1) is 0 Å². The summed E-state index contributed by atoms with van der Waals surface area (Å²) in [5, 5.41) is 12.2. The highest BCUT2D eigenvalue weighted by molar-refractivity contribution is 5.85. The predicted octanol–water partition coefficient (Wildman–Crippen LogP) is 1.81. The largest absolute Gasteiger partial charge is 0.477 e. The monoisotopic (exact) mass is 220 g/mol. The van der Waals surface area contributed by atoms with Crippen LogP contribution in [0.4, 0.5) is 0 Å². The summed E-state index contributed by atoms with van der Waals surface area (Å²) in [6, 6.07) is 5.09. The van der Waals surface area contributed by atoms with Gasteiger partial charge in [0.2, 0.25) is 0 Å². The maximum absolute atomic E-state index is 10.7. The minimum Gasteiger partial charge on any atom is -0.477 e. The highest BCUT2D eigenvalue weighted by Gasteiger charge is 2.30. The van der Waals surface area contributed by atoms with E-state index in [-0.39, 0.29) is 11.2 Å². The number of aromatic carboxylic acids is 1. The topological polar surface area (TPSA) is 62.2 Å². The molecule has 0 bridgehead atoms. The number of aromatic nitrogens is 1. The zero-order valence-corrected chi connectivity index (χ0v) is 9.36. The Balaban J connectivity index is 1.98.